The van der Waals surface area contributed by atoms with Crippen molar-refractivity contribution in [3.63, 3.8) is 0 Å². The molecular weight excluding hydrogens is 402 g/mol. The Morgan fingerprint density at radius 3 is 2.36 bits per heavy atom. The maximum absolute atomic E-state index is 14.0. The van der Waals surface area contributed by atoms with Gasteiger partial charge in [0.25, 0.3) is 0 Å². The minimum atomic E-state index is -4.96. The summed E-state index contributed by atoms with van der Waals surface area (Å²) in [7, 11) is 0. The van der Waals surface area contributed by atoms with Gasteiger partial charge in [0, 0.05) is 18.0 Å². The Morgan fingerprint density at radius 2 is 1.86 bits per heavy atom. The van der Waals surface area contributed by atoms with E-state index >= 15 is 0 Å². The maximum atomic E-state index is 14.0. The number of phenolic OH excluding ortho intramolecular Hbond substituents is 1. The van der Waals surface area contributed by atoms with Crippen LogP contribution in [-0.2, 0) is 19.3 Å². The van der Waals surface area contributed by atoms with E-state index in [4.69, 9.17) is 10.5 Å². The van der Waals surface area contributed by atoms with Crippen LogP contribution in [0.5, 0.6) is 11.5 Å². The lowest BCUT2D eigenvalue weighted by Gasteiger charge is -2.18. The highest BCUT2D eigenvalue weighted by Gasteiger charge is 2.40. The Balaban J connectivity index is 0.00000392. The summed E-state index contributed by atoms with van der Waals surface area (Å²) < 4.78 is 59.3. The lowest BCUT2D eigenvalue weighted by atomic mass is 9.97. The first kappa shape index (κ1) is 23.7. The van der Waals surface area contributed by atoms with Crippen molar-refractivity contribution in [3.05, 3.63) is 58.4 Å². The van der Waals surface area contributed by atoms with E-state index in [1.807, 2.05) is 0 Å². The summed E-state index contributed by atoms with van der Waals surface area (Å²) in [6.07, 6.45) is -4.96. The molecule has 0 unspecified atom stereocenters. The molecule has 4 nitrogen and oxygen atoms in total. The van der Waals surface area contributed by atoms with E-state index in [2.05, 4.69) is 0 Å². The van der Waals surface area contributed by atoms with E-state index < -0.39 is 52.9 Å². The zero-order valence-electron chi connectivity index (χ0n) is 15.1. The van der Waals surface area contributed by atoms with Crippen molar-refractivity contribution in [1.82, 2.24) is 0 Å². The number of phenols is 1. The van der Waals surface area contributed by atoms with Gasteiger partial charge in [-0.05, 0) is 23.8 Å². The minimum Gasteiger partial charge on any atom is -0.506 e. The van der Waals surface area contributed by atoms with Crippen LogP contribution >= 0.6 is 12.4 Å². The molecular formula is C19H20ClF4NO3. The fourth-order valence-electron chi connectivity index (χ4n) is 2.47. The molecule has 2 aromatic carbocycles. The second-order valence-electron chi connectivity index (χ2n) is 6.27. The molecule has 0 amide bonds. The monoisotopic (exact) mass is 421 g/mol. The summed E-state index contributed by atoms with van der Waals surface area (Å²) in [5.41, 5.74) is 4.05. The van der Waals surface area contributed by atoms with Gasteiger partial charge in [-0.25, -0.2) is 4.39 Å². The van der Waals surface area contributed by atoms with E-state index in [9.17, 15) is 27.5 Å². The third-order valence-corrected chi connectivity index (χ3v) is 3.95. The number of carbonyl (C=O) groups excluding carboxylic acids is 1. The van der Waals surface area contributed by atoms with Gasteiger partial charge in [-0.1, -0.05) is 26.0 Å². The summed E-state index contributed by atoms with van der Waals surface area (Å²) in [5, 5.41) is 10.0. The molecule has 2 rings (SSSR count). The second-order valence-corrected chi connectivity index (χ2v) is 6.27. The van der Waals surface area contributed by atoms with Gasteiger partial charge in [0.1, 0.15) is 29.5 Å². The Hall–Kier alpha value is -2.32. The fourth-order valence-corrected chi connectivity index (χ4v) is 2.47. The van der Waals surface area contributed by atoms with E-state index in [0.717, 1.165) is 12.1 Å². The first-order chi connectivity index (χ1) is 12.6. The molecule has 9 heteroatoms. The zero-order valence-corrected chi connectivity index (χ0v) is 16.0. The summed E-state index contributed by atoms with van der Waals surface area (Å²) >= 11 is 0. The van der Waals surface area contributed by atoms with Gasteiger partial charge in [0.15, 0.2) is 5.78 Å². The highest BCUT2D eigenvalue weighted by atomic mass is 35.5. The lowest BCUT2D eigenvalue weighted by Crippen LogP contribution is -2.14. The average molecular weight is 422 g/mol. The second kappa shape index (κ2) is 9.25. The fraction of sp³-hybridized carbons (Fsp3) is 0.316. The largest absolute Gasteiger partial charge is 0.506 e. The molecule has 0 aliphatic heterocycles. The normalized spacial score (nSPS) is 11.3. The van der Waals surface area contributed by atoms with Crippen molar-refractivity contribution in [3.8, 4) is 11.5 Å². The molecule has 0 aliphatic rings. The number of ether oxygens (including phenoxy) is 1. The van der Waals surface area contributed by atoms with Crippen LogP contribution in [0.1, 0.15) is 40.9 Å². The summed E-state index contributed by atoms with van der Waals surface area (Å²) in [5.74, 6) is -3.78. The standard InChI is InChI=1S/C19H19F4NO3.ClH/c1-10(2)17(25)13-5-6-15(16(18(13)26)19(21,22)23)27-9-12-4-3-11(8-24)7-14(12)20;/h3-7,10,26H,8-9,24H2,1-2H3;1H. The molecule has 0 fully saturated rings. The van der Waals surface area contributed by atoms with Gasteiger partial charge in [0.2, 0.25) is 0 Å². The van der Waals surface area contributed by atoms with Crippen molar-refractivity contribution in [2.45, 2.75) is 33.2 Å². The predicted molar refractivity (Wildman–Crippen MR) is 98.1 cm³/mol. The van der Waals surface area contributed by atoms with Crippen molar-refractivity contribution in [2.75, 3.05) is 0 Å². The molecule has 0 saturated heterocycles. The molecule has 0 heterocycles. The van der Waals surface area contributed by atoms with Crippen molar-refractivity contribution >= 4 is 18.2 Å². The zero-order chi connectivity index (χ0) is 20.4. The Kier molecular flexibility index (Phi) is 7.84. The molecule has 154 valence electrons. The smallest absolute Gasteiger partial charge is 0.423 e. The molecule has 28 heavy (non-hydrogen) atoms. The third-order valence-electron chi connectivity index (χ3n) is 3.95. The molecule has 2 aromatic rings. The van der Waals surface area contributed by atoms with Crippen LogP contribution < -0.4 is 10.5 Å². The molecule has 3 N–H and O–H groups in total. The van der Waals surface area contributed by atoms with Gasteiger partial charge in [0.05, 0.1) is 5.56 Å². The van der Waals surface area contributed by atoms with Gasteiger partial charge in [-0.2, -0.15) is 13.2 Å². The Labute approximate surface area is 165 Å². The number of hydrogen-bond donors (Lipinski definition) is 2. The molecule has 0 bridgehead atoms. The van der Waals surface area contributed by atoms with Crippen LogP contribution in [0.15, 0.2) is 30.3 Å². The van der Waals surface area contributed by atoms with Crippen molar-refractivity contribution in [1.29, 1.82) is 0 Å². The average Bonchev–Trinajstić information content (AvgIpc) is 2.58. The first-order valence-corrected chi connectivity index (χ1v) is 8.13. The van der Waals surface area contributed by atoms with E-state index in [0.29, 0.717) is 5.56 Å². The summed E-state index contributed by atoms with van der Waals surface area (Å²) in [6, 6.07) is 6.08. The number of nitrogens with two attached hydrogens (primary N) is 1. The predicted octanol–water partition coefficient (Wildman–Crippen LogP) is 4.85. The number of benzene rings is 2. The highest BCUT2D eigenvalue weighted by Crippen LogP contribution is 2.44. The van der Waals surface area contributed by atoms with E-state index in [-0.39, 0.29) is 24.5 Å². The summed E-state index contributed by atoms with van der Waals surface area (Å²) in [4.78, 5) is 12.0. The van der Waals surface area contributed by atoms with Crippen LogP contribution in [0.4, 0.5) is 17.6 Å². The number of rotatable bonds is 6. The molecule has 0 saturated carbocycles. The SMILES string of the molecule is CC(C)C(=O)c1ccc(OCc2ccc(CN)cc2F)c(C(F)(F)F)c1O.Cl. The lowest BCUT2D eigenvalue weighted by molar-refractivity contribution is -0.140. The number of aromatic hydroxyl groups is 1. The van der Waals surface area contributed by atoms with Crippen LogP contribution in [-0.4, -0.2) is 10.9 Å². The van der Waals surface area contributed by atoms with E-state index in [1.54, 1.807) is 0 Å². The van der Waals surface area contributed by atoms with Gasteiger partial charge in [-0.3, -0.25) is 4.79 Å². The van der Waals surface area contributed by atoms with Gasteiger partial charge in [-0.15, -0.1) is 12.4 Å². The third kappa shape index (κ3) is 5.14. The topological polar surface area (TPSA) is 72.5 Å². The van der Waals surface area contributed by atoms with Crippen LogP contribution in [0.3, 0.4) is 0 Å². The van der Waals surface area contributed by atoms with Crippen LogP contribution in [0.25, 0.3) is 0 Å². The molecule has 0 atom stereocenters. The number of hydrogen-bond acceptors (Lipinski definition) is 4. The quantitative estimate of drug-likeness (QED) is 0.516. The van der Waals surface area contributed by atoms with Crippen molar-refractivity contribution in [2.24, 2.45) is 11.7 Å². The van der Waals surface area contributed by atoms with Crippen LogP contribution in [0.2, 0.25) is 0 Å². The Bertz CT molecular complexity index is 854. The molecule has 0 aromatic heterocycles. The van der Waals surface area contributed by atoms with E-state index in [1.165, 1.54) is 32.0 Å². The maximum Gasteiger partial charge on any atom is 0.423 e. The van der Waals surface area contributed by atoms with Gasteiger partial charge < -0.3 is 15.6 Å². The first-order valence-electron chi connectivity index (χ1n) is 8.13. The molecule has 0 aliphatic carbocycles. The number of halogens is 5. The number of Topliss-reactive ketones (excluding diaryl/α,β-unsaturated/α-hetero) is 1. The minimum absolute atomic E-state index is 0. The molecule has 0 spiro atoms. The number of ketones is 1. The number of carbonyl (C=O) groups is 1. The van der Waals surface area contributed by atoms with Crippen LogP contribution in [0, 0.1) is 11.7 Å². The molecule has 0 radical (unpaired) electrons. The van der Waals surface area contributed by atoms with Gasteiger partial charge >= 0.3 is 6.18 Å². The van der Waals surface area contributed by atoms with Crippen molar-refractivity contribution < 1.29 is 32.2 Å². The number of alkyl halides is 3. The Morgan fingerprint density at radius 1 is 1.21 bits per heavy atom. The summed E-state index contributed by atoms with van der Waals surface area (Å²) in [6.45, 7) is 2.65. The highest BCUT2D eigenvalue weighted by molar-refractivity contribution is 6.00.